The standard InChI is InChI=1S/C85H104N12O22/c1-48(2)74(90-68(98)20-14-11-16-34-92-70(100)30-31-71(92)101)78(106)86-52(7)76(104)88-56-26-22-54(23-27-56)46-118-84(112)96-60-42-66(64(114-9)40-58(60)80(108)94-44-50(5)38-62(94)82(96)110)116-36-18-13-19-37-117-67-43-61-59(41-65(67)115-10)81(109)95-45-51(6)39-63(95)83(111)97(61)85(113)119-47-55-24-28-57(29-25-55)89-77(105)53(8)87-79(107)75(49(3)4)91-69(99)21-15-12-17-35-93-72(102)32-33-73(93)103/h22-33,40-45,48-49,52-53,62-63,74-75,82-83,110-111H,11-21,34-39,46-47H2,1-10H3,(H,86,106)(H,87,107)(H,88,104)(H,89,105)(H,90,98)(H,91,99)/t52-,53-,62-,63-,74-,75-,82-,83-/m0/s1. The maximum Gasteiger partial charge on any atom is 0.416 e. The second-order valence-electron chi connectivity index (χ2n) is 30.7. The number of carbonyl (C=O) groups is 14. The van der Waals surface area contributed by atoms with Crippen LogP contribution in [-0.4, -0.2) is 202 Å². The summed E-state index contributed by atoms with van der Waals surface area (Å²) in [5.74, 6) is -5.52. The van der Waals surface area contributed by atoms with Crippen molar-refractivity contribution in [3.8, 4) is 23.0 Å². The van der Waals surface area contributed by atoms with Gasteiger partial charge in [-0.3, -0.25) is 67.3 Å². The number of carbonyl (C=O) groups excluding carboxylic acids is 14. The fraction of sp³-hybridized carbons (Fsp3) is 0.459. The predicted octanol–water partition coefficient (Wildman–Crippen LogP) is 7.66. The number of amides is 14. The van der Waals surface area contributed by atoms with Crippen LogP contribution in [0, 0.1) is 11.8 Å². The quantitative estimate of drug-likeness (QED) is 0.0158. The number of imide groups is 2. The van der Waals surface area contributed by atoms with Crippen LogP contribution in [0.1, 0.15) is 171 Å². The lowest BCUT2D eigenvalue weighted by molar-refractivity contribution is -0.138. The minimum atomic E-state index is -1.60. The number of methoxy groups -OCH3 is 2. The number of ether oxygens (including phenoxy) is 6. The SMILES string of the molecule is COc1cc2c(cc1OCCCCCOc1cc3c(cc1OC)C(=O)N1C=C(C)C[C@H]1[C@H](O)N3C(=O)OCc1ccc(NC(=O)[C@H](C)NC(=O)[C@@H](NC(=O)CCCCCN3C(=O)C=CC3=O)C(C)C)cc1)N(C(=O)OCc1ccc(NC(=O)[C@H](C)NC(=O)[C@@H](NC(=O)CCCCCN3C(=O)C=CC3=O)C(C)C)cc1)[C@@H](O)[C@@H]1CC(C)=CN1C2=O. The van der Waals surface area contributed by atoms with Crippen LogP contribution in [0.3, 0.4) is 0 Å². The molecule has 0 aromatic heterocycles. The van der Waals surface area contributed by atoms with E-state index in [4.69, 9.17) is 28.4 Å². The van der Waals surface area contributed by atoms with Gasteiger partial charge in [-0.05, 0) is 145 Å². The average Bonchev–Trinajstić information content (AvgIpc) is 1.62. The van der Waals surface area contributed by atoms with Gasteiger partial charge in [0.25, 0.3) is 35.4 Å². The third-order valence-electron chi connectivity index (χ3n) is 21.0. The molecule has 0 spiro atoms. The van der Waals surface area contributed by atoms with E-state index in [2.05, 4.69) is 31.9 Å². The zero-order valence-electron chi connectivity index (χ0n) is 68.3. The fourth-order valence-corrected chi connectivity index (χ4v) is 14.4. The Morgan fingerprint density at radius 1 is 0.445 bits per heavy atom. The first-order chi connectivity index (χ1) is 56.8. The van der Waals surface area contributed by atoms with Gasteiger partial charge in [-0.25, -0.2) is 19.4 Å². The molecule has 8 N–H and O–H groups in total. The summed E-state index contributed by atoms with van der Waals surface area (Å²) in [6, 6.07) is 12.7. The summed E-state index contributed by atoms with van der Waals surface area (Å²) in [6.45, 7) is 13.7. The molecule has 34 nitrogen and oxygen atoms in total. The van der Waals surface area contributed by atoms with E-state index in [-0.39, 0.29) is 158 Å². The summed E-state index contributed by atoms with van der Waals surface area (Å²) in [7, 11) is 2.79. The number of unbranched alkanes of at least 4 members (excludes halogenated alkanes) is 6. The molecule has 8 atom stereocenters. The molecule has 119 heavy (non-hydrogen) atoms. The Labute approximate surface area is 688 Å². The Balaban J connectivity index is 0.706. The minimum absolute atomic E-state index is 0.0101. The molecular formula is C85H104N12O22. The molecule has 4 aromatic rings. The summed E-state index contributed by atoms with van der Waals surface area (Å²) in [6.07, 6.45) is 8.14. The predicted molar refractivity (Wildman–Crippen MR) is 432 cm³/mol. The summed E-state index contributed by atoms with van der Waals surface area (Å²) in [4.78, 5) is 191. The maximum absolute atomic E-state index is 14.4. The molecule has 6 aliphatic rings. The second kappa shape index (κ2) is 40.6. The highest BCUT2D eigenvalue weighted by molar-refractivity contribution is 6.14. The van der Waals surface area contributed by atoms with E-state index in [9.17, 15) is 77.3 Å². The summed E-state index contributed by atoms with van der Waals surface area (Å²) in [5.41, 5.74) is 3.25. The third-order valence-corrected chi connectivity index (χ3v) is 21.0. The first-order valence-electron chi connectivity index (χ1n) is 39.9. The van der Waals surface area contributed by atoms with Gasteiger partial charge in [-0.2, -0.15) is 0 Å². The molecule has 0 bridgehead atoms. The number of hydrogen-bond acceptors (Lipinski definition) is 22. The first kappa shape index (κ1) is 88.9. The van der Waals surface area contributed by atoms with Crippen LogP contribution in [0.25, 0.3) is 0 Å². The number of nitrogens with zero attached hydrogens (tertiary/aromatic N) is 6. The Morgan fingerprint density at radius 3 is 1.14 bits per heavy atom. The number of fused-ring (bicyclic) bond motifs is 4. The van der Waals surface area contributed by atoms with Crippen LogP contribution in [0.4, 0.5) is 32.3 Å². The maximum atomic E-state index is 14.4. The zero-order valence-corrected chi connectivity index (χ0v) is 68.3. The van der Waals surface area contributed by atoms with Crippen LogP contribution in [-0.2, 0) is 70.6 Å². The van der Waals surface area contributed by atoms with Gasteiger partial charge in [0.2, 0.25) is 35.4 Å². The van der Waals surface area contributed by atoms with Gasteiger partial charge < -0.3 is 80.3 Å². The lowest BCUT2D eigenvalue weighted by atomic mass is 10.0. The molecule has 34 heteroatoms. The van der Waals surface area contributed by atoms with Crippen molar-refractivity contribution in [3.63, 3.8) is 0 Å². The Kier molecular flexibility index (Phi) is 30.3. The molecule has 6 heterocycles. The van der Waals surface area contributed by atoms with E-state index in [1.165, 1.54) is 86.4 Å². The van der Waals surface area contributed by atoms with Crippen molar-refractivity contribution < 1.29 is 106 Å². The van der Waals surface area contributed by atoms with Crippen LogP contribution < -0.4 is 60.6 Å². The molecule has 6 aliphatic heterocycles. The van der Waals surface area contributed by atoms with E-state index in [1.54, 1.807) is 102 Å². The van der Waals surface area contributed by atoms with Crippen LogP contribution >= 0.6 is 0 Å². The van der Waals surface area contributed by atoms with Crippen LogP contribution in [0.2, 0.25) is 0 Å². The molecule has 0 unspecified atom stereocenters. The lowest BCUT2D eigenvalue weighted by Gasteiger charge is -2.31. The zero-order chi connectivity index (χ0) is 86.1. The summed E-state index contributed by atoms with van der Waals surface area (Å²) < 4.78 is 35.7. The number of aliphatic hydroxyl groups excluding tert-OH is 2. The number of benzene rings is 4. The van der Waals surface area contributed by atoms with Crippen molar-refractivity contribution in [2.45, 2.75) is 201 Å². The third kappa shape index (κ3) is 22.2. The van der Waals surface area contributed by atoms with Crippen molar-refractivity contribution in [2.75, 3.05) is 61.0 Å². The Morgan fingerprint density at radius 2 is 0.798 bits per heavy atom. The molecule has 4 aromatic carbocycles. The molecular weight excluding hydrogens is 1540 g/mol. The summed E-state index contributed by atoms with van der Waals surface area (Å²) in [5, 5.41) is 40.5. The van der Waals surface area contributed by atoms with Crippen molar-refractivity contribution in [1.82, 2.24) is 40.9 Å². The van der Waals surface area contributed by atoms with Crippen molar-refractivity contribution >= 4 is 106 Å². The van der Waals surface area contributed by atoms with E-state index in [1.807, 2.05) is 0 Å². The number of aliphatic hydroxyl groups is 2. The van der Waals surface area contributed by atoms with Gasteiger partial charge >= 0.3 is 12.2 Å². The number of hydrogen-bond donors (Lipinski definition) is 8. The van der Waals surface area contributed by atoms with Crippen molar-refractivity contribution in [1.29, 1.82) is 0 Å². The highest BCUT2D eigenvalue weighted by Crippen LogP contribution is 2.44. The molecule has 14 amide bonds. The first-order valence-corrected chi connectivity index (χ1v) is 39.9. The van der Waals surface area contributed by atoms with Gasteiger partial charge in [0, 0.05) is 86.1 Å². The van der Waals surface area contributed by atoms with Gasteiger partial charge in [-0.15, -0.1) is 0 Å². The highest BCUT2D eigenvalue weighted by atomic mass is 16.6. The van der Waals surface area contributed by atoms with E-state index >= 15 is 0 Å². The Hall–Kier alpha value is -12.5. The van der Waals surface area contributed by atoms with E-state index in [0.29, 0.717) is 80.3 Å². The molecule has 0 fully saturated rings. The highest BCUT2D eigenvalue weighted by Gasteiger charge is 2.48. The van der Waals surface area contributed by atoms with Crippen LogP contribution in [0.5, 0.6) is 23.0 Å². The number of nitrogens with one attached hydrogen (secondary N) is 6. The van der Waals surface area contributed by atoms with Gasteiger partial charge in [-0.1, -0.05) is 75.9 Å². The lowest BCUT2D eigenvalue weighted by Crippen LogP contribution is -2.53. The molecule has 0 aliphatic carbocycles. The molecule has 10 rings (SSSR count). The monoisotopic (exact) mass is 1640 g/mol. The number of rotatable bonds is 38. The van der Waals surface area contributed by atoms with E-state index < -0.39 is 96.3 Å². The van der Waals surface area contributed by atoms with Gasteiger partial charge in [0.05, 0.1) is 62.0 Å². The van der Waals surface area contributed by atoms with Crippen molar-refractivity contribution in [2.24, 2.45) is 11.8 Å². The molecule has 0 saturated carbocycles. The number of anilines is 4. The molecule has 0 radical (unpaired) electrons. The van der Waals surface area contributed by atoms with Gasteiger partial charge in [0.1, 0.15) is 37.4 Å². The Bertz CT molecular complexity index is 4330. The van der Waals surface area contributed by atoms with Gasteiger partial charge in [0.15, 0.2) is 35.5 Å². The summed E-state index contributed by atoms with van der Waals surface area (Å²) >= 11 is 0. The normalized spacial score (nSPS) is 18.2. The fourth-order valence-electron chi connectivity index (χ4n) is 14.4. The average molecular weight is 1650 g/mol. The topological polar surface area (TPSA) is 426 Å². The smallest absolute Gasteiger partial charge is 0.416 e. The molecule has 0 saturated heterocycles. The largest absolute Gasteiger partial charge is 0.493 e. The minimum Gasteiger partial charge on any atom is -0.493 e. The van der Waals surface area contributed by atoms with E-state index in [0.717, 1.165) is 30.7 Å². The van der Waals surface area contributed by atoms with Crippen LogP contribution in [0.15, 0.2) is 121 Å². The second-order valence-corrected chi connectivity index (χ2v) is 30.7. The van der Waals surface area contributed by atoms with Crippen molar-refractivity contribution in [3.05, 3.63) is 143 Å². The molecule has 636 valence electrons.